The summed E-state index contributed by atoms with van der Waals surface area (Å²) in [6.07, 6.45) is 1.18. The quantitative estimate of drug-likeness (QED) is 0.500. The molecule has 0 aliphatic heterocycles. The average molecular weight is 164 g/mol. The van der Waals surface area contributed by atoms with E-state index in [4.69, 9.17) is 5.73 Å². The summed E-state index contributed by atoms with van der Waals surface area (Å²) in [6, 6.07) is 0. The zero-order valence-corrected chi connectivity index (χ0v) is 5.85. The second-order valence-corrected chi connectivity index (χ2v) is 2.08. The predicted octanol–water partition coefficient (Wildman–Crippen LogP) is -1.31. The van der Waals surface area contributed by atoms with E-state index in [9.17, 15) is 4.79 Å². The van der Waals surface area contributed by atoms with Crippen molar-refractivity contribution in [2.24, 2.45) is 0 Å². The Morgan fingerprint density at radius 2 is 2.33 bits per heavy atom. The van der Waals surface area contributed by atoms with Crippen molar-refractivity contribution in [1.29, 1.82) is 0 Å². The maximum Gasteiger partial charge on any atom is 0.280 e. The lowest BCUT2D eigenvalue weighted by Crippen LogP contribution is -2.13. The summed E-state index contributed by atoms with van der Waals surface area (Å²) >= 11 is 0. The standard InChI is InChI=1S/C5H4N6O/c6-5-9-3-2(4(12)10-5)7-1-8-11-3/h1H,(H3,6,9,10,11,12). The number of hydrogen-bond acceptors (Lipinski definition) is 6. The van der Waals surface area contributed by atoms with Gasteiger partial charge in [0.25, 0.3) is 5.56 Å². The normalized spacial score (nSPS) is 10.3. The first kappa shape index (κ1) is 6.65. The fourth-order valence-corrected chi connectivity index (χ4v) is 0.822. The molecule has 0 aliphatic rings. The van der Waals surface area contributed by atoms with Crippen molar-refractivity contribution in [3.63, 3.8) is 0 Å². The highest BCUT2D eigenvalue weighted by molar-refractivity contribution is 5.67. The van der Waals surface area contributed by atoms with Crippen LogP contribution in [-0.2, 0) is 0 Å². The van der Waals surface area contributed by atoms with Gasteiger partial charge in [-0.25, -0.2) is 4.98 Å². The van der Waals surface area contributed by atoms with Crippen LogP contribution in [0, 0.1) is 0 Å². The molecule has 60 valence electrons. The molecule has 0 atom stereocenters. The summed E-state index contributed by atoms with van der Waals surface area (Å²) in [5.41, 5.74) is 5.14. The highest BCUT2D eigenvalue weighted by Crippen LogP contribution is 1.96. The smallest absolute Gasteiger partial charge is 0.280 e. The van der Waals surface area contributed by atoms with Gasteiger partial charge in [0.1, 0.15) is 6.33 Å². The molecule has 7 nitrogen and oxygen atoms in total. The molecule has 2 aromatic heterocycles. The van der Waals surface area contributed by atoms with E-state index < -0.39 is 5.56 Å². The molecule has 0 radical (unpaired) electrons. The Kier molecular flexibility index (Phi) is 1.23. The Morgan fingerprint density at radius 3 is 3.17 bits per heavy atom. The average Bonchev–Trinajstić information content (AvgIpc) is 2.04. The molecular formula is C5H4N6O. The predicted molar refractivity (Wildman–Crippen MR) is 40.2 cm³/mol. The molecule has 7 heteroatoms. The molecule has 0 spiro atoms. The lowest BCUT2D eigenvalue weighted by molar-refractivity contribution is 0.984. The number of nitrogens with one attached hydrogen (secondary N) is 1. The first-order chi connectivity index (χ1) is 5.77. The number of nitrogen functional groups attached to an aromatic ring is 1. The summed E-state index contributed by atoms with van der Waals surface area (Å²) in [4.78, 5) is 20.8. The Morgan fingerprint density at radius 1 is 1.50 bits per heavy atom. The van der Waals surface area contributed by atoms with Gasteiger partial charge < -0.3 is 5.73 Å². The fourth-order valence-electron chi connectivity index (χ4n) is 0.822. The minimum absolute atomic E-state index is 0.00907. The van der Waals surface area contributed by atoms with Crippen molar-refractivity contribution in [3.05, 3.63) is 16.7 Å². The number of nitrogens with two attached hydrogens (primary N) is 1. The monoisotopic (exact) mass is 164 g/mol. The van der Waals surface area contributed by atoms with Crippen molar-refractivity contribution < 1.29 is 0 Å². The number of H-pyrrole nitrogens is 1. The zero-order chi connectivity index (χ0) is 8.55. The first-order valence-electron chi connectivity index (χ1n) is 3.10. The van der Waals surface area contributed by atoms with Gasteiger partial charge >= 0.3 is 0 Å². The third kappa shape index (κ3) is 0.875. The van der Waals surface area contributed by atoms with Crippen molar-refractivity contribution >= 4 is 17.1 Å². The topological polar surface area (TPSA) is 110 Å². The highest BCUT2D eigenvalue weighted by Gasteiger charge is 2.02. The van der Waals surface area contributed by atoms with E-state index in [1.807, 2.05) is 0 Å². The number of fused-ring (bicyclic) bond motifs is 1. The lowest BCUT2D eigenvalue weighted by atomic mass is 10.5. The molecule has 0 amide bonds. The van der Waals surface area contributed by atoms with Gasteiger partial charge in [0.15, 0.2) is 5.52 Å². The number of aromatic nitrogens is 5. The van der Waals surface area contributed by atoms with Crippen LogP contribution in [0.5, 0.6) is 0 Å². The summed E-state index contributed by atoms with van der Waals surface area (Å²) < 4.78 is 0. The van der Waals surface area contributed by atoms with Crippen molar-refractivity contribution in [2.75, 3.05) is 5.73 Å². The van der Waals surface area contributed by atoms with Crippen molar-refractivity contribution in [1.82, 2.24) is 25.1 Å². The van der Waals surface area contributed by atoms with E-state index in [1.165, 1.54) is 6.33 Å². The molecule has 0 bridgehead atoms. The van der Waals surface area contributed by atoms with Gasteiger partial charge in [-0.15, -0.1) is 10.2 Å². The van der Waals surface area contributed by atoms with Gasteiger partial charge in [0.05, 0.1) is 0 Å². The Bertz CT molecular complexity index is 477. The maximum absolute atomic E-state index is 11.1. The molecule has 12 heavy (non-hydrogen) atoms. The molecule has 0 aliphatic carbocycles. The molecule has 0 fully saturated rings. The second kappa shape index (κ2) is 2.22. The minimum Gasteiger partial charge on any atom is -0.369 e. The summed E-state index contributed by atoms with van der Waals surface area (Å²) in [5.74, 6) is 0.00907. The van der Waals surface area contributed by atoms with Gasteiger partial charge in [-0.3, -0.25) is 9.78 Å². The summed E-state index contributed by atoms with van der Waals surface area (Å²) in [7, 11) is 0. The van der Waals surface area contributed by atoms with Crippen LogP contribution in [0.2, 0.25) is 0 Å². The Labute approximate surface area is 65.7 Å². The number of aromatic amines is 1. The summed E-state index contributed by atoms with van der Waals surface area (Å²) in [5, 5.41) is 7.04. The van der Waals surface area contributed by atoms with Crippen LogP contribution in [0.1, 0.15) is 0 Å². The van der Waals surface area contributed by atoms with Crippen molar-refractivity contribution in [2.45, 2.75) is 0 Å². The van der Waals surface area contributed by atoms with Crippen LogP contribution in [0.4, 0.5) is 5.95 Å². The molecule has 2 rings (SSSR count). The maximum atomic E-state index is 11.1. The van der Waals surface area contributed by atoms with E-state index >= 15 is 0 Å². The Balaban J connectivity index is 2.99. The van der Waals surface area contributed by atoms with E-state index in [1.54, 1.807) is 0 Å². The Hall–Kier alpha value is -2.05. The van der Waals surface area contributed by atoms with Gasteiger partial charge in [0, 0.05) is 0 Å². The van der Waals surface area contributed by atoms with E-state index in [2.05, 4.69) is 25.1 Å². The molecule has 0 unspecified atom stereocenters. The lowest BCUT2D eigenvalue weighted by Gasteiger charge is -1.93. The number of rotatable bonds is 0. The zero-order valence-electron chi connectivity index (χ0n) is 5.85. The van der Waals surface area contributed by atoms with E-state index in [-0.39, 0.29) is 17.1 Å². The van der Waals surface area contributed by atoms with Gasteiger partial charge in [-0.05, 0) is 0 Å². The van der Waals surface area contributed by atoms with Crippen LogP contribution < -0.4 is 11.3 Å². The van der Waals surface area contributed by atoms with Gasteiger partial charge in [0.2, 0.25) is 11.6 Å². The largest absolute Gasteiger partial charge is 0.369 e. The molecular weight excluding hydrogens is 160 g/mol. The van der Waals surface area contributed by atoms with Crippen molar-refractivity contribution in [3.8, 4) is 0 Å². The third-order valence-corrected chi connectivity index (χ3v) is 1.29. The van der Waals surface area contributed by atoms with Crippen LogP contribution in [0.15, 0.2) is 11.1 Å². The van der Waals surface area contributed by atoms with Crippen LogP contribution in [0.3, 0.4) is 0 Å². The third-order valence-electron chi connectivity index (χ3n) is 1.29. The minimum atomic E-state index is -0.410. The van der Waals surface area contributed by atoms with Gasteiger partial charge in [-0.1, -0.05) is 0 Å². The van der Waals surface area contributed by atoms with E-state index in [0.29, 0.717) is 0 Å². The van der Waals surface area contributed by atoms with Gasteiger partial charge in [-0.2, -0.15) is 4.98 Å². The number of hydrogen-bond donors (Lipinski definition) is 2. The molecule has 0 saturated heterocycles. The first-order valence-corrected chi connectivity index (χ1v) is 3.10. The van der Waals surface area contributed by atoms with Crippen LogP contribution in [-0.4, -0.2) is 25.1 Å². The molecule has 2 heterocycles. The van der Waals surface area contributed by atoms with Crippen LogP contribution >= 0.6 is 0 Å². The van der Waals surface area contributed by atoms with E-state index in [0.717, 1.165) is 0 Å². The molecule has 0 aromatic carbocycles. The highest BCUT2D eigenvalue weighted by atomic mass is 16.1. The second-order valence-electron chi connectivity index (χ2n) is 2.08. The molecule has 0 saturated carbocycles. The summed E-state index contributed by atoms with van der Waals surface area (Å²) in [6.45, 7) is 0. The molecule has 3 N–H and O–H groups in total. The SMILES string of the molecule is Nc1nc2nncnc2c(=O)[nH]1. The number of anilines is 1. The number of nitrogens with zero attached hydrogens (tertiary/aromatic N) is 4. The van der Waals surface area contributed by atoms with Crippen LogP contribution in [0.25, 0.3) is 11.2 Å². The molecule has 2 aromatic rings. The fraction of sp³-hybridized carbons (Fsp3) is 0.